The summed E-state index contributed by atoms with van der Waals surface area (Å²) in [5, 5.41) is 8.96. The van der Waals surface area contributed by atoms with E-state index in [2.05, 4.69) is 39.0 Å². The minimum Gasteiger partial charge on any atom is -0.374 e. The van der Waals surface area contributed by atoms with Crippen LogP contribution in [0.1, 0.15) is 30.6 Å². The molecule has 0 heterocycles. The zero-order chi connectivity index (χ0) is 20.9. The summed E-state index contributed by atoms with van der Waals surface area (Å²) in [6.45, 7) is 3.46. The first-order valence-electron chi connectivity index (χ1n) is 9.60. The molecule has 2 rings (SSSR count). The molecule has 0 saturated heterocycles. The van der Waals surface area contributed by atoms with Crippen LogP contribution >= 0.6 is 24.0 Å². The predicted octanol–water partition coefficient (Wildman–Crippen LogP) is 3.56. The first-order valence-corrected chi connectivity index (χ1v) is 9.60. The van der Waals surface area contributed by atoms with Crippen LogP contribution in [0.2, 0.25) is 0 Å². The van der Waals surface area contributed by atoms with Gasteiger partial charge in [-0.1, -0.05) is 42.3 Å². The van der Waals surface area contributed by atoms with Crippen molar-refractivity contribution in [2.45, 2.75) is 19.4 Å². The number of carbonyl (C=O) groups excluding carboxylic acids is 1. The van der Waals surface area contributed by atoms with Crippen molar-refractivity contribution in [2.75, 3.05) is 32.1 Å². The number of nitrogens with one attached hydrogen (secondary N) is 3. The van der Waals surface area contributed by atoms with E-state index in [1.54, 1.807) is 25.2 Å². The van der Waals surface area contributed by atoms with E-state index in [1.807, 2.05) is 31.2 Å². The molecule has 0 aliphatic heterocycles. The summed E-state index contributed by atoms with van der Waals surface area (Å²) in [6, 6.07) is 17.3. The Hall–Kier alpha value is -2.57. The van der Waals surface area contributed by atoms with Crippen LogP contribution in [0.4, 0.5) is 5.69 Å². The molecule has 0 fully saturated rings. The van der Waals surface area contributed by atoms with E-state index >= 15 is 0 Å². The van der Waals surface area contributed by atoms with E-state index in [4.69, 9.17) is 11.2 Å². The van der Waals surface area contributed by atoms with Gasteiger partial charge in [0.2, 0.25) is 5.91 Å². The number of hydrogen-bond donors (Lipinski definition) is 3. The van der Waals surface area contributed by atoms with Gasteiger partial charge >= 0.3 is 0 Å². The van der Waals surface area contributed by atoms with Crippen LogP contribution in [0.5, 0.6) is 0 Å². The van der Waals surface area contributed by atoms with E-state index < -0.39 is 0 Å². The third-order valence-electron chi connectivity index (χ3n) is 4.20. The number of nitrogens with zero attached hydrogens (tertiary/aromatic N) is 1. The molecule has 2 aromatic carbocycles. The lowest BCUT2D eigenvalue weighted by atomic mass is 10.1. The van der Waals surface area contributed by atoms with Crippen molar-refractivity contribution in [1.82, 2.24) is 10.6 Å². The molecule has 30 heavy (non-hydrogen) atoms. The third-order valence-corrected chi connectivity index (χ3v) is 4.20. The molecule has 2 aromatic rings. The lowest BCUT2D eigenvalue weighted by Gasteiger charge is -2.15. The van der Waals surface area contributed by atoms with E-state index in [1.165, 1.54) is 0 Å². The first-order chi connectivity index (χ1) is 14.1. The van der Waals surface area contributed by atoms with Crippen LogP contribution in [-0.2, 0) is 9.53 Å². The molecule has 0 spiro atoms. The molecular weight excluding hydrogens is 491 g/mol. The van der Waals surface area contributed by atoms with Crippen molar-refractivity contribution in [3.63, 3.8) is 0 Å². The fourth-order valence-corrected chi connectivity index (χ4v) is 2.64. The number of carbonyl (C=O) groups is 1. The van der Waals surface area contributed by atoms with Gasteiger partial charge in [0, 0.05) is 31.5 Å². The Morgan fingerprint density at radius 1 is 1.17 bits per heavy atom. The van der Waals surface area contributed by atoms with Crippen molar-refractivity contribution < 1.29 is 9.53 Å². The molecule has 1 unspecified atom stereocenters. The Bertz CT molecular complexity index is 850. The Labute approximate surface area is 195 Å². The normalized spacial score (nSPS) is 11.6. The maximum atomic E-state index is 12.1. The monoisotopic (exact) mass is 520 g/mol. The van der Waals surface area contributed by atoms with Crippen LogP contribution in [0.15, 0.2) is 59.6 Å². The highest BCUT2D eigenvalue weighted by Gasteiger charge is 2.06. The average molecular weight is 520 g/mol. The van der Waals surface area contributed by atoms with Gasteiger partial charge in [0.25, 0.3) is 0 Å². The quantitative estimate of drug-likeness (QED) is 0.156. The van der Waals surface area contributed by atoms with Gasteiger partial charge in [-0.15, -0.1) is 30.4 Å². The highest BCUT2D eigenvalue weighted by molar-refractivity contribution is 14.0. The van der Waals surface area contributed by atoms with Crippen LogP contribution < -0.4 is 16.0 Å². The Morgan fingerprint density at radius 3 is 2.63 bits per heavy atom. The number of terminal acetylenes is 1. The highest BCUT2D eigenvalue weighted by Crippen LogP contribution is 2.15. The highest BCUT2D eigenvalue weighted by atomic mass is 127. The van der Waals surface area contributed by atoms with Crippen LogP contribution in [-0.4, -0.2) is 38.6 Å². The molecule has 7 heteroatoms. The average Bonchev–Trinajstić information content (AvgIpc) is 2.76. The number of aliphatic imine (C=N–C) groups is 1. The zero-order valence-corrected chi connectivity index (χ0v) is 19.7. The second-order valence-electron chi connectivity index (χ2n) is 6.40. The summed E-state index contributed by atoms with van der Waals surface area (Å²) in [6.07, 6.45) is 6.25. The summed E-state index contributed by atoms with van der Waals surface area (Å²) in [5.74, 6) is 2.93. The molecule has 160 valence electrons. The molecule has 1 amide bonds. The van der Waals surface area contributed by atoms with Gasteiger partial charge in [0.05, 0.1) is 12.6 Å². The van der Waals surface area contributed by atoms with Crippen molar-refractivity contribution in [3.05, 3.63) is 65.7 Å². The summed E-state index contributed by atoms with van der Waals surface area (Å²) < 4.78 is 5.85. The van der Waals surface area contributed by atoms with Crippen molar-refractivity contribution in [2.24, 2.45) is 4.99 Å². The molecule has 0 aliphatic rings. The lowest BCUT2D eigenvalue weighted by molar-refractivity contribution is -0.115. The standard InChI is InChI=1S/C23H28N4O2.HI/c1-4-19-10-8-13-21(16-19)27-22(28)17-26-23(24-3)25-14-9-15-29-18(2)20-11-6-5-7-12-20;/h1,5-8,10-13,16,18H,9,14-15,17H2,2-3H3,(H,27,28)(H2,24,25,26);1H. The van der Waals surface area contributed by atoms with Crippen molar-refractivity contribution in [1.29, 1.82) is 0 Å². The Morgan fingerprint density at radius 2 is 1.93 bits per heavy atom. The Balaban J connectivity index is 0.00000450. The lowest BCUT2D eigenvalue weighted by Crippen LogP contribution is -2.41. The SMILES string of the molecule is C#Cc1cccc(NC(=O)CNC(=NC)NCCCOC(C)c2ccccc2)c1.I. The second-order valence-corrected chi connectivity index (χ2v) is 6.40. The largest absolute Gasteiger partial charge is 0.374 e. The fraction of sp³-hybridized carbons (Fsp3) is 0.304. The maximum absolute atomic E-state index is 12.1. The second kappa shape index (κ2) is 14.4. The summed E-state index contributed by atoms with van der Waals surface area (Å²) in [7, 11) is 1.66. The van der Waals surface area contributed by atoms with Crippen LogP contribution in [0.25, 0.3) is 0 Å². The number of rotatable bonds is 9. The molecular formula is C23H29IN4O2. The summed E-state index contributed by atoms with van der Waals surface area (Å²) in [4.78, 5) is 16.2. The molecule has 0 aromatic heterocycles. The smallest absolute Gasteiger partial charge is 0.243 e. The number of hydrogen-bond acceptors (Lipinski definition) is 3. The van der Waals surface area contributed by atoms with E-state index in [9.17, 15) is 4.79 Å². The molecule has 3 N–H and O–H groups in total. The minimum absolute atomic E-state index is 0. The zero-order valence-electron chi connectivity index (χ0n) is 17.4. The Kier molecular flexibility index (Phi) is 12.2. The summed E-state index contributed by atoms with van der Waals surface area (Å²) >= 11 is 0. The van der Waals surface area contributed by atoms with Crippen LogP contribution in [0, 0.1) is 12.3 Å². The van der Waals surface area contributed by atoms with Crippen LogP contribution in [0.3, 0.4) is 0 Å². The molecule has 6 nitrogen and oxygen atoms in total. The summed E-state index contributed by atoms with van der Waals surface area (Å²) in [5.41, 5.74) is 2.55. The molecule has 0 bridgehead atoms. The van der Waals surface area contributed by atoms with Gasteiger partial charge < -0.3 is 20.7 Å². The van der Waals surface area contributed by atoms with E-state index in [0.29, 0.717) is 24.8 Å². The number of amides is 1. The predicted molar refractivity (Wildman–Crippen MR) is 133 cm³/mol. The van der Waals surface area contributed by atoms with Gasteiger partial charge in [-0.3, -0.25) is 9.79 Å². The number of halogens is 1. The molecule has 0 saturated carbocycles. The van der Waals surface area contributed by atoms with Gasteiger partial charge in [-0.05, 0) is 37.1 Å². The number of guanidine groups is 1. The van der Waals surface area contributed by atoms with Gasteiger partial charge in [-0.2, -0.15) is 0 Å². The third kappa shape index (κ3) is 9.29. The van der Waals surface area contributed by atoms with E-state index in [-0.39, 0.29) is 42.5 Å². The molecule has 1 atom stereocenters. The number of benzene rings is 2. The van der Waals surface area contributed by atoms with E-state index in [0.717, 1.165) is 17.5 Å². The number of ether oxygens (including phenoxy) is 1. The maximum Gasteiger partial charge on any atom is 0.243 e. The van der Waals surface area contributed by atoms with Gasteiger partial charge in [0.1, 0.15) is 0 Å². The fourth-order valence-electron chi connectivity index (χ4n) is 2.64. The number of anilines is 1. The molecule has 0 aliphatic carbocycles. The van der Waals surface area contributed by atoms with Crippen molar-refractivity contribution in [3.8, 4) is 12.3 Å². The topological polar surface area (TPSA) is 74.8 Å². The van der Waals surface area contributed by atoms with Crippen molar-refractivity contribution >= 4 is 41.5 Å². The first kappa shape index (κ1) is 25.5. The van der Waals surface area contributed by atoms with Gasteiger partial charge in [0.15, 0.2) is 5.96 Å². The van der Waals surface area contributed by atoms with Gasteiger partial charge in [-0.25, -0.2) is 0 Å². The molecule has 0 radical (unpaired) electrons. The minimum atomic E-state index is -0.179.